The predicted molar refractivity (Wildman–Crippen MR) is 75.1 cm³/mol. The van der Waals surface area contributed by atoms with Crippen molar-refractivity contribution in [2.24, 2.45) is 5.73 Å². The minimum Gasteiger partial charge on any atom is -0.488 e. The highest BCUT2D eigenvalue weighted by Gasteiger charge is 2.07. The summed E-state index contributed by atoms with van der Waals surface area (Å²) < 4.78 is 19.1. The molecule has 0 spiro atoms. The van der Waals surface area contributed by atoms with Crippen LogP contribution in [-0.4, -0.2) is 0 Å². The molecule has 0 heterocycles. The number of hydrogen-bond donors (Lipinski definition) is 1. The predicted octanol–water partition coefficient (Wildman–Crippen LogP) is 4.17. The molecule has 100 valence electrons. The van der Waals surface area contributed by atoms with Crippen molar-refractivity contribution in [2.75, 3.05) is 0 Å². The largest absolute Gasteiger partial charge is 0.488 e. The van der Waals surface area contributed by atoms with Crippen molar-refractivity contribution >= 4 is 23.2 Å². The Kier molecular flexibility index (Phi) is 4.64. The van der Waals surface area contributed by atoms with Gasteiger partial charge < -0.3 is 10.5 Å². The van der Waals surface area contributed by atoms with E-state index in [1.54, 1.807) is 18.2 Å². The molecule has 0 unspecified atom stereocenters. The van der Waals surface area contributed by atoms with Crippen LogP contribution in [0.1, 0.15) is 11.1 Å². The summed E-state index contributed by atoms with van der Waals surface area (Å²) in [6.45, 7) is 0.384. The Morgan fingerprint density at radius 3 is 2.32 bits per heavy atom. The number of nitrogens with two attached hydrogens (primary N) is 1. The smallest absolute Gasteiger partial charge is 0.129 e. The van der Waals surface area contributed by atoms with Crippen LogP contribution in [0.3, 0.4) is 0 Å². The second-order valence-electron chi connectivity index (χ2n) is 3.98. The van der Waals surface area contributed by atoms with Crippen molar-refractivity contribution in [1.29, 1.82) is 0 Å². The summed E-state index contributed by atoms with van der Waals surface area (Å²) in [6, 6.07) is 9.48. The standard InChI is InChI=1S/C14H12Cl2FNO/c15-11-1-3-13(17)10(6-11)8-19-14-4-2-12(16)5-9(14)7-18/h1-6H,7-8,18H2. The van der Waals surface area contributed by atoms with Crippen molar-refractivity contribution in [3.63, 3.8) is 0 Å². The van der Waals surface area contributed by atoms with Crippen LogP contribution in [0, 0.1) is 5.82 Å². The first-order chi connectivity index (χ1) is 9.10. The molecule has 0 amide bonds. The van der Waals surface area contributed by atoms with Crippen LogP contribution in [0.15, 0.2) is 36.4 Å². The number of halogens is 3. The van der Waals surface area contributed by atoms with Gasteiger partial charge in [-0.25, -0.2) is 4.39 Å². The Balaban J connectivity index is 2.16. The zero-order valence-corrected chi connectivity index (χ0v) is 11.5. The van der Waals surface area contributed by atoms with E-state index in [1.807, 2.05) is 0 Å². The molecule has 0 radical (unpaired) electrons. The van der Waals surface area contributed by atoms with Gasteiger partial charge in [-0.15, -0.1) is 0 Å². The Morgan fingerprint density at radius 2 is 1.63 bits per heavy atom. The minimum absolute atomic E-state index is 0.0844. The van der Waals surface area contributed by atoms with Gasteiger partial charge >= 0.3 is 0 Å². The highest BCUT2D eigenvalue weighted by Crippen LogP contribution is 2.24. The monoisotopic (exact) mass is 299 g/mol. The van der Waals surface area contributed by atoms with Crippen LogP contribution in [0.2, 0.25) is 10.0 Å². The molecule has 0 aliphatic heterocycles. The first kappa shape index (κ1) is 14.1. The first-order valence-electron chi connectivity index (χ1n) is 5.65. The van der Waals surface area contributed by atoms with Crippen molar-refractivity contribution in [3.05, 3.63) is 63.4 Å². The van der Waals surface area contributed by atoms with Gasteiger partial charge in [-0.1, -0.05) is 23.2 Å². The quantitative estimate of drug-likeness (QED) is 0.919. The van der Waals surface area contributed by atoms with Crippen LogP contribution in [-0.2, 0) is 13.2 Å². The van der Waals surface area contributed by atoms with Gasteiger partial charge in [0.15, 0.2) is 0 Å². The number of rotatable bonds is 4. The van der Waals surface area contributed by atoms with Gasteiger partial charge in [-0.2, -0.15) is 0 Å². The van der Waals surface area contributed by atoms with E-state index < -0.39 is 0 Å². The van der Waals surface area contributed by atoms with Crippen molar-refractivity contribution in [3.8, 4) is 5.75 Å². The molecule has 19 heavy (non-hydrogen) atoms. The average molecular weight is 300 g/mol. The third-order valence-electron chi connectivity index (χ3n) is 2.63. The van der Waals surface area contributed by atoms with E-state index in [9.17, 15) is 4.39 Å². The number of hydrogen-bond acceptors (Lipinski definition) is 2. The first-order valence-corrected chi connectivity index (χ1v) is 6.41. The molecule has 0 aliphatic rings. The molecule has 0 atom stereocenters. The fourth-order valence-corrected chi connectivity index (χ4v) is 2.05. The highest BCUT2D eigenvalue weighted by atomic mass is 35.5. The lowest BCUT2D eigenvalue weighted by Crippen LogP contribution is -2.04. The summed E-state index contributed by atoms with van der Waals surface area (Å²) in [6.07, 6.45) is 0. The maximum Gasteiger partial charge on any atom is 0.129 e. The van der Waals surface area contributed by atoms with Gasteiger partial charge in [-0.3, -0.25) is 0 Å². The molecule has 0 saturated carbocycles. The summed E-state index contributed by atoms with van der Waals surface area (Å²) in [5.41, 5.74) is 6.78. The highest BCUT2D eigenvalue weighted by molar-refractivity contribution is 6.30. The van der Waals surface area contributed by atoms with Gasteiger partial charge in [0.1, 0.15) is 18.2 Å². The van der Waals surface area contributed by atoms with Gasteiger partial charge in [0.05, 0.1) is 0 Å². The summed E-state index contributed by atoms with van der Waals surface area (Å²) in [5.74, 6) is 0.235. The molecule has 2 nitrogen and oxygen atoms in total. The lowest BCUT2D eigenvalue weighted by Gasteiger charge is -2.11. The van der Waals surface area contributed by atoms with E-state index in [2.05, 4.69) is 0 Å². The molecule has 2 aromatic carbocycles. The average Bonchev–Trinajstić information content (AvgIpc) is 2.40. The van der Waals surface area contributed by atoms with Crippen LogP contribution >= 0.6 is 23.2 Å². The van der Waals surface area contributed by atoms with E-state index >= 15 is 0 Å². The second kappa shape index (κ2) is 6.24. The van der Waals surface area contributed by atoms with Crippen LogP contribution in [0.25, 0.3) is 0 Å². The molecule has 5 heteroatoms. The molecule has 0 saturated heterocycles. The lowest BCUT2D eigenvalue weighted by molar-refractivity contribution is 0.297. The van der Waals surface area contributed by atoms with Crippen LogP contribution in [0.5, 0.6) is 5.75 Å². The molecule has 0 bridgehead atoms. The van der Waals surface area contributed by atoms with Crippen molar-refractivity contribution in [2.45, 2.75) is 13.2 Å². The van der Waals surface area contributed by atoms with Crippen molar-refractivity contribution < 1.29 is 9.13 Å². The lowest BCUT2D eigenvalue weighted by atomic mass is 10.2. The number of ether oxygens (including phenoxy) is 1. The molecule has 2 rings (SSSR count). The maximum absolute atomic E-state index is 13.5. The van der Waals surface area contributed by atoms with E-state index in [-0.39, 0.29) is 12.4 Å². The molecule has 2 N–H and O–H groups in total. The summed E-state index contributed by atoms with van der Waals surface area (Å²) >= 11 is 11.7. The minimum atomic E-state index is -0.354. The Hall–Kier alpha value is -1.29. The zero-order chi connectivity index (χ0) is 13.8. The van der Waals surface area contributed by atoms with Gasteiger partial charge in [0.25, 0.3) is 0 Å². The SMILES string of the molecule is NCc1cc(Cl)ccc1OCc1cc(Cl)ccc1F. The summed E-state index contributed by atoms with van der Waals surface area (Å²) in [7, 11) is 0. The number of benzene rings is 2. The third-order valence-corrected chi connectivity index (χ3v) is 3.10. The third kappa shape index (κ3) is 3.60. The van der Waals surface area contributed by atoms with Crippen LogP contribution < -0.4 is 10.5 Å². The maximum atomic E-state index is 13.5. The zero-order valence-electron chi connectivity index (χ0n) is 10.00. The molecular weight excluding hydrogens is 288 g/mol. The summed E-state index contributed by atoms with van der Waals surface area (Å²) in [4.78, 5) is 0. The van der Waals surface area contributed by atoms with Gasteiger partial charge in [0.2, 0.25) is 0 Å². The Labute approximate surface area is 120 Å². The molecule has 0 aliphatic carbocycles. The van der Waals surface area contributed by atoms with E-state index in [4.69, 9.17) is 33.7 Å². The molecule has 0 aromatic heterocycles. The van der Waals surface area contributed by atoms with E-state index in [0.717, 1.165) is 5.56 Å². The Bertz CT molecular complexity index is 590. The van der Waals surface area contributed by atoms with E-state index in [1.165, 1.54) is 18.2 Å². The van der Waals surface area contributed by atoms with Gasteiger partial charge in [0, 0.05) is 27.7 Å². The van der Waals surface area contributed by atoms with Crippen molar-refractivity contribution in [1.82, 2.24) is 0 Å². The molecule has 2 aromatic rings. The van der Waals surface area contributed by atoms with Gasteiger partial charge in [-0.05, 0) is 36.4 Å². The molecular formula is C14H12Cl2FNO. The fraction of sp³-hybridized carbons (Fsp3) is 0.143. The fourth-order valence-electron chi connectivity index (χ4n) is 1.66. The molecule has 0 fully saturated rings. The topological polar surface area (TPSA) is 35.2 Å². The normalized spacial score (nSPS) is 10.5. The van der Waals surface area contributed by atoms with E-state index in [0.29, 0.717) is 27.9 Å². The Morgan fingerprint density at radius 1 is 1.00 bits per heavy atom. The summed E-state index contributed by atoms with van der Waals surface area (Å²) in [5, 5.41) is 1.05. The second-order valence-corrected chi connectivity index (χ2v) is 4.85. The van der Waals surface area contributed by atoms with Crippen LogP contribution in [0.4, 0.5) is 4.39 Å².